The fourth-order valence-electron chi connectivity index (χ4n) is 3.20. The highest BCUT2D eigenvalue weighted by Gasteiger charge is 2.18. The van der Waals surface area contributed by atoms with Crippen molar-refractivity contribution in [3.05, 3.63) is 46.0 Å². The van der Waals surface area contributed by atoms with Crippen molar-refractivity contribution in [1.82, 2.24) is 14.7 Å². The van der Waals surface area contributed by atoms with E-state index in [2.05, 4.69) is 10.3 Å². The topological polar surface area (TPSA) is 63.5 Å². The van der Waals surface area contributed by atoms with Crippen LogP contribution < -0.4 is 10.9 Å². The molecule has 122 valence electrons. The fourth-order valence-corrected chi connectivity index (χ4v) is 3.20. The van der Waals surface area contributed by atoms with Gasteiger partial charge in [-0.05, 0) is 31.4 Å². The molecule has 1 N–H and O–H groups in total. The number of carbonyl (C=O) groups is 1. The third-order valence-corrected chi connectivity index (χ3v) is 4.53. The first-order valence-corrected chi connectivity index (χ1v) is 8.44. The van der Waals surface area contributed by atoms with Gasteiger partial charge < -0.3 is 5.32 Å². The summed E-state index contributed by atoms with van der Waals surface area (Å²) in [5.41, 5.74) is 1.33. The fraction of sp³-hybridized carbons (Fsp3) is 0.500. The molecule has 23 heavy (non-hydrogen) atoms. The van der Waals surface area contributed by atoms with Crippen molar-refractivity contribution in [3.63, 3.8) is 0 Å². The first-order valence-electron chi connectivity index (χ1n) is 8.44. The number of nitrogens with one attached hydrogen (secondary N) is 1. The molecule has 0 saturated heterocycles. The normalized spacial score (nSPS) is 16.7. The van der Waals surface area contributed by atoms with E-state index < -0.39 is 0 Å². The van der Waals surface area contributed by atoms with E-state index in [1.807, 2.05) is 13.0 Å². The monoisotopic (exact) mass is 313 g/mol. The van der Waals surface area contributed by atoms with E-state index in [0.29, 0.717) is 5.65 Å². The lowest BCUT2D eigenvalue weighted by Gasteiger charge is -2.20. The summed E-state index contributed by atoms with van der Waals surface area (Å²) < 4.78 is 1.45. The molecule has 0 unspecified atom stereocenters. The molecule has 1 amide bonds. The molecule has 5 nitrogen and oxygen atoms in total. The van der Waals surface area contributed by atoms with Crippen molar-refractivity contribution < 1.29 is 4.79 Å². The molecule has 1 aliphatic rings. The summed E-state index contributed by atoms with van der Waals surface area (Å²) >= 11 is 0. The second-order valence-corrected chi connectivity index (χ2v) is 6.43. The van der Waals surface area contributed by atoms with Gasteiger partial charge in [0.15, 0.2) is 0 Å². The second-order valence-electron chi connectivity index (χ2n) is 6.43. The summed E-state index contributed by atoms with van der Waals surface area (Å²) in [5, 5.41) is 3.03. The van der Waals surface area contributed by atoms with Gasteiger partial charge in [0.2, 0.25) is 0 Å². The average Bonchev–Trinajstić information content (AvgIpc) is 2.50. The number of hydrogen-bond donors (Lipinski definition) is 1. The number of aryl methyl sites for hydroxylation is 1. The number of hydrogen-bond acceptors (Lipinski definition) is 3. The van der Waals surface area contributed by atoms with E-state index in [0.717, 1.165) is 31.2 Å². The van der Waals surface area contributed by atoms with E-state index in [1.165, 1.54) is 29.9 Å². The van der Waals surface area contributed by atoms with Gasteiger partial charge in [0.05, 0.1) is 0 Å². The molecule has 1 saturated carbocycles. The van der Waals surface area contributed by atoms with Crippen LogP contribution in [-0.2, 0) is 0 Å². The first kappa shape index (κ1) is 15.7. The molecule has 0 atom stereocenters. The van der Waals surface area contributed by atoms with E-state index in [4.69, 9.17) is 0 Å². The second kappa shape index (κ2) is 6.94. The van der Waals surface area contributed by atoms with Crippen LogP contribution in [0.3, 0.4) is 0 Å². The largest absolute Gasteiger partial charge is 0.349 e. The number of rotatable bonds is 2. The molecule has 2 heterocycles. The smallest absolute Gasteiger partial charge is 0.270 e. The maximum Gasteiger partial charge on any atom is 0.270 e. The SMILES string of the molecule is Cc1ccc2ncc(C(=O)NC3CCCCCCC3)c(=O)n2c1. The first-order chi connectivity index (χ1) is 11.1. The van der Waals surface area contributed by atoms with Gasteiger partial charge in [-0.3, -0.25) is 14.0 Å². The Morgan fingerprint density at radius 3 is 2.61 bits per heavy atom. The minimum Gasteiger partial charge on any atom is -0.349 e. The lowest BCUT2D eigenvalue weighted by molar-refractivity contribution is 0.0928. The van der Waals surface area contributed by atoms with Crippen LogP contribution in [0.15, 0.2) is 29.3 Å². The van der Waals surface area contributed by atoms with Crippen LogP contribution in [0.25, 0.3) is 5.65 Å². The van der Waals surface area contributed by atoms with Crippen LogP contribution in [0.1, 0.15) is 60.9 Å². The molecular weight excluding hydrogens is 290 g/mol. The predicted molar refractivity (Wildman–Crippen MR) is 89.8 cm³/mol. The summed E-state index contributed by atoms with van der Waals surface area (Å²) in [6.45, 7) is 1.91. The Hall–Kier alpha value is -2.17. The van der Waals surface area contributed by atoms with Gasteiger partial charge in [-0.2, -0.15) is 0 Å². The lowest BCUT2D eigenvalue weighted by atomic mass is 9.96. The summed E-state index contributed by atoms with van der Waals surface area (Å²) in [7, 11) is 0. The van der Waals surface area contributed by atoms with Gasteiger partial charge in [0, 0.05) is 18.4 Å². The zero-order valence-electron chi connectivity index (χ0n) is 13.5. The van der Waals surface area contributed by atoms with Crippen LogP contribution in [0.5, 0.6) is 0 Å². The maximum absolute atomic E-state index is 12.5. The Bertz CT molecular complexity index is 758. The third kappa shape index (κ3) is 3.60. The number of fused-ring (bicyclic) bond motifs is 1. The lowest BCUT2D eigenvalue weighted by Crippen LogP contribution is -2.38. The van der Waals surface area contributed by atoms with E-state index in [-0.39, 0.29) is 23.1 Å². The van der Waals surface area contributed by atoms with Crippen LogP contribution in [-0.4, -0.2) is 21.3 Å². The molecule has 0 spiro atoms. The minimum atomic E-state index is -0.304. The highest BCUT2D eigenvalue weighted by molar-refractivity contribution is 5.93. The Kier molecular flexibility index (Phi) is 4.74. The molecule has 2 aromatic rings. The van der Waals surface area contributed by atoms with Gasteiger partial charge in [0.25, 0.3) is 11.5 Å². The van der Waals surface area contributed by atoms with Gasteiger partial charge in [-0.15, -0.1) is 0 Å². The molecule has 0 bridgehead atoms. The van der Waals surface area contributed by atoms with Crippen LogP contribution in [0.4, 0.5) is 0 Å². The quantitative estimate of drug-likeness (QED) is 0.927. The zero-order chi connectivity index (χ0) is 16.2. The summed E-state index contributed by atoms with van der Waals surface area (Å²) in [4.78, 5) is 29.3. The van der Waals surface area contributed by atoms with Crippen LogP contribution in [0.2, 0.25) is 0 Å². The Labute approximate surface area is 135 Å². The predicted octanol–water partition coefficient (Wildman–Crippen LogP) is 2.85. The van der Waals surface area contributed by atoms with Crippen LogP contribution in [0, 0.1) is 6.92 Å². The zero-order valence-corrected chi connectivity index (χ0v) is 13.5. The molecule has 5 heteroatoms. The highest BCUT2D eigenvalue weighted by atomic mass is 16.2. The van der Waals surface area contributed by atoms with E-state index in [1.54, 1.807) is 12.3 Å². The molecular formula is C18H23N3O2. The minimum absolute atomic E-state index is 0.121. The summed E-state index contributed by atoms with van der Waals surface area (Å²) in [6.07, 6.45) is 11.1. The highest BCUT2D eigenvalue weighted by Crippen LogP contribution is 2.17. The average molecular weight is 313 g/mol. The Balaban J connectivity index is 1.82. The maximum atomic E-state index is 12.5. The van der Waals surface area contributed by atoms with Crippen molar-refractivity contribution in [1.29, 1.82) is 0 Å². The third-order valence-electron chi connectivity index (χ3n) is 4.53. The van der Waals surface area contributed by atoms with Crippen molar-refractivity contribution in [2.45, 2.75) is 57.9 Å². The van der Waals surface area contributed by atoms with Gasteiger partial charge in [-0.25, -0.2) is 4.98 Å². The Morgan fingerprint density at radius 2 is 1.87 bits per heavy atom. The number of carbonyl (C=O) groups excluding carboxylic acids is 1. The van der Waals surface area contributed by atoms with E-state index in [9.17, 15) is 9.59 Å². The molecule has 0 radical (unpaired) electrons. The number of pyridine rings is 1. The van der Waals surface area contributed by atoms with Crippen molar-refractivity contribution >= 4 is 11.6 Å². The van der Waals surface area contributed by atoms with Gasteiger partial charge in [-0.1, -0.05) is 38.2 Å². The molecule has 3 rings (SSSR count). The number of aromatic nitrogens is 2. The van der Waals surface area contributed by atoms with Crippen LogP contribution >= 0.6 is 0 Å². The summed E-state index contributed by atoms with van der Waals surface area (Å²) in [5.74, 6) is -0.302. The van der Waals surface area contributed by atoms with E-state index >= 15 is 0 Å². The summed E-state index contributed by atoms with van der Waals surface area (Å²) in [6, 6.07) is 3.85. The molecule has 0 aromatic carbocycles. The Morgan fingerprint density at radius 1 is 1.17 bits per heavy atom. The molecule has 0 aliphatic heterocycles. The molecule has 1 aliphatic carbocycles. The standard InChI is InChI=1S/C18H23N3O2/c1-13-9-10-16-19-11-15(18(23)21(16)12-13)17(22)20-14-7-5-3-2-4-6-8-14/h9-12,14H,2-8H2,1H3,(H,20,22). The van der Waals surface area contributed by atoms with Crippen molar-refractivity contribution in [2.75, 3.05) is 0 Å². The van der Waals surface area contributed by atoms with Crippen molar-refractivity contribution in [3.8, 4) is 0 Å². The number of amides is 1. The molecule has 2 aromatic heterocycles. The van der Waals surface area contributed by atoms with Crippen molar-refractivity contribution in [2.24, 2.45) is 0 Å². The number of nitrogens with zero attached hydrogens (tertiary/aromatic N) is 2. The van der Waals surface area contributed by atoms with Gasteiger partial charge >= 0.3 is 0 Å². The molecule has 1 fully saturated rings. The van der Waals surface area contributed by atoms with Gasteiger partial charge in [0.1, 0.15) is 11.2 Å².